The SMILES string of the molecule is Cc1cccc(C)c1N(CC(=O)N[C@H]1CCCc2ccccc21)S(C)(=O)=O. The van der Waals surface area contributed by atoms with Crippen LogP contribution in [0.4, 0.5) is 5.69 Å². The van der Waals surface area contributed by atoms with E-state index in [0.717, 1.165) is 42.2 Å². The quantitative estimate of drug-likeness (QED) is 0.858. The number of benzene rings is 2. The first kappa shape index (κ1) is 19.4. The second-order valence-electron chi connectivity index (χ2n) is 7.22. The molecule has 1 aliphatic rings. The number of anilines is 1. The summed E-state index contributed by atoms with van der Waals surface area (Å²) in [6.07, 6.45) is 4.03. The van der Waals surface area contributed by atoms with Crippen molar-refractivity contribution in [3.8, 4) is 0 Å². The molecule has 144 valence electrons. The summed E-state index contributed by atoms with van der Waals surface area (Å²) in [5, 5.41) is 3.04. The van der Waals surface area contributed by atoms with Gasteiger partial charge in [0.25, 0.3) is 0 Å². The molecule has 2 aromatic rings. The van der Waals surface area contributed by atoms with Crippen LogP contribution in [-0.4, -0.2) is 27.1 Å². The lowest BCUT2D eigenvalue weighted by Gasteiger charge is -2.29. The molecule has 0 radical (unpaired) electrons. The molecule has 3 rings (SSSR count). The van der Waals surface area contributed by atoms with E-state index in [1.807, 2.05) is 50.2 Å². The van der Waals surface area contributed by atoms with Gasteiger partial charge in [0.15, 0.2) is 0 Å². The van der Waals surface area contributed by atoms with Crippen LogP contribution in [-0.2, 0) is 21.2 Å². The minimum absolute atomic E-state index is 0.0678. The number of rotatable bonds is 5. The molecule has 0 bridgehead atoms. The summed E-state index contributed by atoms with van der Waals surface area (Å²) in [5.74, 6) is -0.287. The van der Waals surface area contributed by atoms with E-state index in [1.165, 1.54) is 9.87 Å². The number of carbonyl (C=O) groups excluding carboxylic acids is 1. The van der Waals surface area contributed by atoms with Gasteiger partial charge < -0.3 is 5.32 Å². The summed E-state index contributed by atoms with van der Waals surface area (Å²) < 4.78 is 26.0. The summed E-state index contributed by atoms with van der Waals surface area (Å²) in [7, 11) is -3.59. The maximum absolute atomic E-state index is 12.8. The van der Waals surface area contributed by atoms with Crippen molar-refractivity contribution in [3.05, 3.63) is 64.7 Å². The second-order valence-corrected chi connectivity index (χ2v) is 9.13. The van der Waals surface area contributed by atoms with E-state index in [9.17, 15) is 13.2 Å². The Labute approximate surface area is 161 Å². The summed E-state index contributed by atoms with van der Waals surface area (Å²) in [5.41, 5.74) is 4.63. The van der Waals surface area contributed by atoms with Crippen LogP contribution >= 0.6 is 0 Å². The highest BCUT2D eigenvalue weighted by Gasteiger charge is 2.26. The Morgan fingerprint density at radius 2 is 1.78 bits per heavy atom. The average Bonchev–Trinajstić information content (AvgIpc) is 2.60. The average molecular weight is 387 g/mol. The number of nitrogens with one attached hydrogen (secondary N) is 1. The fourth-order valence-corrected chi connectivity index (χ4v) is 4.81. The van der Waals surface area contributed by atoms with Crippen LogP contribution in [0.1, 0.15) is 41.1 Å². The minimum atomic E-state index is -3.59. The molecule has 0 saturated heterocycles. The minimum Gasteiger partial charge on any atom is -0.348 e. The Hall–Kier alpha value is -2.34. The summed E-state index contributed by atoms with van der Waals surface area (Å²) >= 11 is 0. The molecule has 0 aromatic heterocycles. The van der Waals surface area contributed by atoms with E-state index in [1.54, 1.807) is 0 Å². The molecular formula is C21H26N2O3S. The fourth-order valence-electron chi connectivity index (χ4n) is 3.84. The number of sulfonamides is 1. The Bertz CT molecular complexity index is 933. The molecule has 1 atom stereocenters. The summed E-state index contributed by atoms with van der Waals surface area (Å²) in [4.78, 5) is 12.8. The Morgan fingerprint density at radius 1 is 1.11 bits per heavy atom. The van der Waals surface area contributed by atoms with Crippen LogP contribution < -0.4 is 9.62 Å². The predicted octanol–water partition coefficient (Wildman–Crippen LogP) is 3.26. The van der Waals surface area contributed by atoms with Gasteiger partial charge in [-0.1, -0.05) is 42.5 Å². The lowest BCUT2D eigenvalue weighted by molar-refractivity contribution is -0.120. The van der Waals surface area contributed by atoms with Crippen LogP contribution in [0, 0.1) is 13.8 Å². The van der Waals surface area contributed by atoms with E-state index < -0.39 is 10.0 Å². The first-order valence-corrected chi connectivity index (χ1v) is 11.0. The number of hydrogen-bond acceptors (Lipinski definition) is 3. The zero-order valence-electron chi connectivity index (χ0n) is 16.0. The van der Waals surface area contributed by atoms with E-state index in [0.29, 0.717) is 5.69 Å². The number of fused-ring (bicyclic) bond motifs is 1. The summed E-state index contributed by atoms with van der Waals surface area (Å²) in [6.45, 7) is 3.49. The number of aryl methyl sites for hydroxylation is 3. The van der Waals surface area contributed by atoms with Crippen molar-refractivity contribution in [2.24, 2.45) is 0 Å². The van der Waals surface area contributed by atoms with E-state index >= 15 is 0 Å². The van der Waals surface area contributed by atoms with Crippen molar-refractivity contribution in [1.82, 2.24) is 5.32 Å². The fraction of sp³-hybridized carbons (Fsp3) is 0.381. The highest BCUT2D eigenvalue weighted by atomic mass is 32.2. The van der Waals surface area contributed by atoms with Crippen molar-refractivity contribution in [3.63, 3.8) is 0 Å². The Morgan fingerprint density at radius 3 is 2.44 bits per heavy atom. The second kappa shape index (κ2) is 7.72. The van der Waals surface area contributed by atoms with Crippen molar-refractivity contribution in [2.75, 3.05) is 17.1 Å². The molecule has 0 saturated carbocycles. The lowest BCUT2D eigenvalue weighted by atomic mass is 9.88. The standard InChI is InChI=1S/C21H26N2O3S/c1-15-8-6-9-16(2)21(15)23(27(3,25)26)14-20(24)22-19-13-7-11-17-10-4-5-12-18(17)19/h4-6,8-10,12,19H,7,11,13-14H2,1-3H3,(H,22,24)/t19-/m0/s1. The van der Waals surface area contributed by atoms with Gasteiger partial charge >= 0.3 is 0 Å². The number of para-hydroxylation sites is 1. The first-order chi connectivity index (χ1) is 12.8. The molecule has 0 spiro atoms. The molecule has 27 heavy (non-hydrogen) atoms. The Kier molecular flexibility index (Phi) is 5.56. The molecule has 6 heteroatoms. The molecule has 0 fully saturated rings. The first-order valence-electron chi connectivity index (χ1n) is 9.18. The maximum atomic E-state index is 12.8. The molecule has 0 unspecified atom stereocenters. The number of hydrogen-bond donors (Lipinski definition) is 1. The van der Waals surface area contributed by atoms with Gasteiger partial charge in [-0.15, -0.1) is 0 Å². The topological polar surface area (TPSA) is 66.5 Å². The van der Waals surface area contributed by atoms with Crippen molar-refractivity contribution >= 4 is 21.6 Å². The van der Waals surface area contributed by atoms with Gasteiger partial charge in [0.05, 0.1) is 18.0 Å². The summed E-state index contributed by atoms with van der Waals surface area (Å²) in [6, 6.07) is 13.6. The van der Waals surface area contributed by atoms with Gasteiger partial charge in [0, 0.05) is 0 Å². The van der Waals surface area contributed by atoms with Crippen molar-refractivity contribution in [1.29, 1.82) is 0 Å². The van der Waals surface area contributed by atoms with E-state index in [2.05, 4.69) is 11.4 Å². The predicted molar refractivity (Wildman–Crippen MR) is 108 cm³/mol. The van der Waals surface area contributed by atoms with Crippen LogP contribution in [0.5, 0.6) is 0 Å². The molecule has 1 aliphatic carbocycles. The zero-order valence-corrected chi connectivity index (χ0v) is 16.8. The molecule has 0 heterocycles. The smallest absolute Gasteiger partial charge is 0.241 e. The highest BCUT2D eigenvalue weighted by Crippen LogP contribution is 2.30. The number of carbonyl (C=O) groups is 1. The maximum Gasteiger partial charge on any atom is 0.241 e. The third kappa shape index (κ3) is 4.33. The van der Waals surface area contributed by atoms with Gasteiger partial charge in [-0.25, -0.2) is 8.42 Å². The van der Waals surface area contributed by atoms with Crippen molar-refractivity contribution in [2.45, 2.75) is 39.2 Å². The number of amides is 1. The highest BCUT2D eigenvalue weighted by molar-refractivity contribution is 7.92. The molecular weight excluding hydrogens is 360 g/mol. The zero-order chi connectivity index (χ0) is 19.6. The van der Waals surface area contributed by atoms with Gasteiger partial charge in [-0.05, 0) is 55.4 Å². The third-order valence-corrected chi connectivity index (χ3v) is 6.19. The van der Waals surface area contributed by atoms with Gasteiger partial charge in [-0.3, -0.25) is 9.10 Å². The van der Waals surface area contributed by atoms with Crippen molar-refractivity contribution < 1.29 is 13.2 Å². The van der Waals surface area contributed by atoms with Crippen LogP contribution in [0.15, 0.2) is 42.5 Å². The Balaban J connectivity index is 1.83. The third-order valence-electron chi connectivity index (χ3n) is 5.08. The van der Waals surface area contributed by atoms with Crippen LogP contribution in [0.3, 0.4) is 0 Å². The van der Waals surface area contributed by atoms with Gasteiger partial charge in [0.2, 0.25) is 15.9 Å². The van der Waals surface area contributed by atoms with E-state index in [-0.39, 0.29) is 18.5 Å². The number of nitrogens with zero attached hydrogens (tertiary/aromatic N) is 1. The molecule has 2 aromatic carbocycles. The molecule has 5 nitrogen and oxygen atoms in total. The lowest BCUT2D eigenvalue weighted by Crippen LogP contribution is -2.42. The largest absolute Gasteiger partial charge is 0.348 e. The van der Waals surface area contributed by atoms with Gasteiger partial charge in [-0.2, -0.15) is 0 Å². The normalized spacial score (nSPS) is 16.5. The molecule has 1 amide bonds. The molecule has 1 N–H and O–H groups in total. The van der Waals surface area contributed by atoms with Crippen LogP contribution in [0.2, 0.25) is 0 Å². The van der Waals surface area contributed by atoms with Gasteiger partial charge in [0.1, 0.15) is 6.54 Å². The van der Waals surface area contributed by atoms with Crippen LogP contribution in [0.25, 0.3) is 0 Å². The molecule has 0 aliphatic heterocycles. The monoisotopic (exact) mass is 386 g/mol. The van der Waals surface area contributed by atoms with E-state index in [4.69, 9.17) is 0 Å².